The first kappa shape index (κ1) is 23.5. The van der Waals surface area contributed by atoms with Crippen LogP contribution in [-0.4, -0.2) is 72.6 Å². The molecule has 1 amide bonds. The summed E-state index contributed by atoms with van der Waals surface area (Å²) < 4.78 is 11.8. The van der Waals surface area contributed by atoms with Crippen LogP contribution in [-0.2, 0) is 14.3 Å². The van der Waals surface area contributed by atoms with Gasteiger partial charge in [-0.05, 0) is 36.8 Å². The second kappa shape index (κ2) is 10.5. The van der Waals surface area contributed by atoms with E-state index in [1.807, 2.05) is 31.2 Å². The van der Waals surface area contributed by atoms with E-state index in [2.05, 4.69) is 20.8 Å². The molecule has 2 aliphatic heterocycles. The molecule has 2 aliphatic rings. The number of Topliss-reactive ketones (excluding diaryl/α,β-unsaturated/α-hetero) is 1. The molecule has 4 rings (SSSR count). The minimum atomic E-state index is -0.677. The first-order valence-electron chi connectivity index (χ1n) is 11.1. The van der Waals surface area contributed by atoms with Gasteiger partial charge in [0.2, 0.25) is 0 Å². The van der Waals surface area contributed by atoms with Crippen LogP contribution in [0.15, 0.2) is 58.6 Å². The van der Waals surface area contributed by atoms with Crippen LogP contribution in [0.25, 0.3) is 5.76 Å². The van der Waals surface area contributed by atoms with E-state index in [0.29, 0.717) is 44.2 Å². The average Bonchev–Trinajstić information content (AvgIpc) is 3.08. The molecule has 7 nitrogen and oxygen atoms in total. The molecule has 0 bridgehead atoms. The molecule has 0 aromatic heterocycles. The summed E-state index contributed by atoms with van der Waals surface area (Å²) in [5, 5.41) is 11.2. The lowest BCUT2D eigenvalue weighted by Gasteiger charge is -2.31. The van der Waals surface area contributed by atoms with Gasteiger partial charge in [0.05, 0.1) is 31.4 Å². The largest absolute Gasteiger partial charge is 0.507 e. The van der Waals surface area contributed by atoms with Gasteiger partial charge >= 0.3 is 0 Å². The zero-order valence-electron chi connectivity index (χ0n) is 18.5. The van der Waals surface area contributed by atoms with Crippen molar-refractivity contribution in [2.45, 2.75) is 13.0 Å². The number of hydrogen-bond acceptors (Lipinski definition) is 6. The zero-order chi connectivity index (χ0) is 23.4. The van der Waals surface area contributed by atoms with Crippen molar-refractivity contribution >= 4 is 33.4 Å². The van der Waals surface area contributed by atoms with Gasteiger partial charge in [0.25, 0.3) is 11.7 Å². The second-order valence-corrected chi connectivity index (χ2v) is 8.87. The lowest BCUT2D eigenvalue weighted by Crippen LogP contribution is -2.42. The third-order valence-electron chi connectivity index (χ3n) is 5.91. The van der Waals surface area contributed by atoms with Crippen molar-refractivity contribution < 1.29 is 24.2 Å². The molecule has 8 heteroatoms. The molecule has 2 aromatic carbocycles. The third-order valence-corrected chi connectivity index (χ3v) is 6.43. The maximum Gasteiger partial charge on any atom is 0.295 e. The third kappa shape index (κ3) is 5.13. The monoisotopic (exact) mass is 514 g/mol. The van der Waals surface area contributed by atoms with Crippen molar-refractivity contribution in [2.75, 3.05) is 46.0 Å². The van der Waals surface area contributed by atoms with Crippen LogP contribution in [0, 0.1) is 0 Å². The van der Waals surface area contributed by atoms with Crippen LogP contribution < -0.4 is 4.74 Å². The van der Waals surface area contributed by atoms with Crippen LogP contribution in [0.5, 0.6) is 5.75 Å². The zero-order valence-corrected chi connectivity index (χ0v) is 20.1. The van der Waals surface area contributed by atoms with Crippen molar-refractivity contribution in [2.24, 2.45) is 0 Å². The van der Waals surface area contributed by atoms with Gasteiger partial charge in [-0.2, -0.15) is 0 Å². The molecule has 2 aromatic rings. The Morgan fingerprint density at radius 1 is 1.12 bits per heavy atom. The standard InChI is InChI=1S/C25H27BrN2O5/c1-2-33-20-5-3-4-18(16-20)23(29)21-22(17-6-8-19(26)9-7-17)28(25(31)24(21)30)11-10-27-12-14-32-15-13-27/h3-9,16,22,29H,2,10-15H2,1H3/b23-21+. The van der Waals surface area contributed by atoms with Crippen molar-refractivity contribution in [3.05, 3.63) is 69.7 Å². The number of aliphatic hydroxyl groups excluding tert-OH is 1. The SMILES string of the molecule is CCOc1cccc(/C(O)=C2\C(=O)C(=O)N(CCN3CCOCC3)C2c2ccc(Br)cc2)c1. The topological polar surface area (TPSA) is 79.3 Å². The van der Waals surface area contributed by atoms with Gasteiger partial charge in [0, 0.05) is 36.2 Å². The number of ketones is 1. The summed E-state index contributed by atoms with van der Waals surface area (Å²) in [6.07, 6.45) is 0. The first-order chi connectivity index (χ1) is 16.0. The Hall–Kier alpha value is -2.68. The number of hydrogen-bond donors (Lipinski definition) is 1. The number of aliphatic hydroxyl groups is 1. The molecule has 174 valence electrons. The smallest absolute Gasteiger partial charge is 0.295 e. The normalized spacial score (nSPS) is 20.9. The van der Waals surface area contributed by atoms with Crippen LogP contribution in [0.4, 0.5) is 0 Å². The van der Waals surface area contributed by atoms with Gasteiger partial charge in [-0.15, -0.1) is 0 Å². The van der Waals surface area contributed by atoms with Crippen LogP contribution in [0.1, 0.15) is 24.1 Å². The van der Waals surface area contributed by atoms with E-state index < -0.39 is 17.7 Å². The number of carbonyl (C=O) groups excluding carboxylic acids is 2. The van der Waals surface area contributed by atoms with Gasteiger partial charge in [0.1, 0.15) is 11.5 Å². The molecule has 2 saturated heterocycles. The summed E-state index contributed by atoms with van der Waals surface area (Å²) in [5.74, 6) is -0.886. The molecule has 1 atom stereocenters. The van der Waals surface area contributed by atoms with Gasteiger partial charge in [-0.25, -0.2) is 0 Å². The summed E-state index contributed by atoms with van der Waals surface area (Å²) >= 11 is 3.44. The van der Waals surface area contributed by atoms with E-state index in [0.717, 1.165) is 23.1 Å². The highest BCUT2D eigenvalue weighted by Crippen LogP contribution is 2.40. The predicted molar refractivity (Wildman–Crippen MR) is 128 cm³/mol. The molecule has 0 aliphatic carbocycles. The summed E-state index contributed by atoms with van der Waals surface area (Å²) in [4.78, 5) is 30.0. The highest BCUT2D eigenvalue weighted by molar-refractivity contribution is 9.10. The number of morpholine rings is 1. The Labute approximate surface area is 201 Å². The molecule has 1 unspecified atom stereocenters. The minimum absolute atomic E-state index is 0.0953. The molecule has 1 N–H and O–H groups in total. The highest BCUT2D eigenvalue weighted by atomic mass is 79.9. The maximum atomic E-state index is 13.2. The fraction of sp³-hybridized carbons (Fsp3) is 0.360. The number of likely N-dealkylation sites (tertiary alicyclic amines) is 1. The summed E-state index contributed by atoms with van der Waals surface area (Å²) in [6.45, 7) is 6.25. The Morgan fingerprint density at radius 2 is 1.85 bits per heavy atom. The van der Waals surface area contributed by atoms with E-state index in [9.17, 15) is 14.7 Å². The second-order valence-electron chi connectivity index (χ2n) is 7.96. The highest BCUT2D eigenvalue weighted by Gasteiger charge is 2.46. The molecule has 2 fully saturated rings. The Balaban J connectivity index is 1.73. The number of nitrogens with zero attached hydrogens (tertiary/aromatic N) is 2. The lowest BCUT2D eigenvalue weighted by molar-refractivity contribution is -0.140. The molecule has 33 heavy (non-hydrogen) atoms. The molecule has 0 saturated carbocycles. The summed E-state index contributed by atoms with van der Waals surface area (Å²) in [6, 6.07) is 13.7. The van der Waals surface area contributed by atoms with Crippen molar-refractivity contribution in [1.29, 1.82) is 0 Å². The quantitative estimate of drug-likeness (QED) is 0.345. The number of carbonyl (C=O) groups is 2. The van der Waals surface area contributed by atoms with Crippen molar-refractivity contribution in [1.82, 2.24) is 9.80 Å². The molecule has 0 radical (unpaired) electrons. The predicted octanol–water partition coefficient (Wildman–Crippen LogP) is 3.60. The Bertz CT molecular complexity index is 1050. The lowest BCUT2D eigenvalue weighted by atomic mass is 9.95. The van der Waals surface area contributed by atoms with E-state index >= 15 is 0 Å². The van der Waals surface area contributed by atoms with Gasteiger partial charge < -0.3 is 19.5 Å². The van der Waals surface area contributed by atoms with Crippen LogP contribution >= 0.6 is 15.9 Å². The van der Waals surface area contributed by atoms with Crippen LogP contribution in [0.2, 0.25) is 0 Å². The van der Waals surface area contributed by atoms with E-state index in [-0.39, 0.29) is 11.3 Å². The molecule has 0 spiro atoms. The molecular formula is C25H27BrN2O5. The fourth-order valence-corrected chi connectivity index (χ4v) is 4.50. The van der Waals surface area contributed by atoms with Crippen molar-refractivity contribution in [3.63, 3.8) is 0 Å². The van der Waals surface area contributed by atoms with Crippen molar-refractivity contribution in [3.8, 4) is 5.75 Å². The Kier molecular flexibility index (Phi) is 7.47. The Morgan fingerprint density at radius 3 is 2.55 bits per heavy atom. The number of rotatable bonds is 7. The number of halogens is 1. The number of ether oxygens (including phenoxy) is 2. The summed E-state index contributed by atoms with van der Waals surface area (Å²) in [5.41, 5.74) is 1.30. The minimum Gasteiger partial charge on any atom is -0.507 e. The average molecular weight is 515 g/mol. The first-order valence-corrected chi connectivity index (χ1v) is 11.9. The molecular weight excluding hydrogens is 488 g/mol. The number of benzene rings is 2. The van der Waals surface area contributed by atoms with Gasteiger partial charge in [0.15, 0.2) is 0 Å². The van der Waals surface area contributed by atoms with E-state index in [1.54, 1.807) is 29.2 Å². The number of amides is 1. The van der Waals surface area contributed by atoms with E-state index in [4.69, 9.17) is 9.47 Å². The van der Waals surface area contributed by atoms with Crippen LogP contribution in [0.3, 0.4) is 0 Å². The van der Waals surface area contributed by atoms with Gasteiger partial charge in [-0.3, -0.25) is 14.5 Å². The van der Waals surface area contributed by atoms with Gasteiger partial charge in [-0.1, -0.05) is 40.2 Å². The molecule has 2 heterocycles. The maximum absolute atomic E-state index is 13.2. The fourth-order valence-electron chi connectivity index (χ4n) is 4.23. The summed E-state index contributed by atoms with van der Waals surface area (Å²) in [7, 11) is 0. The van der Waals surface area contributed by atoms with E-state index in [1.165, 1.54) is 0 Å².